The summed E-state index contributed by atoms with van der Waals surface area (Å²) >= 11 is 5.92. The Bertz CT molecular complexity index is 334. The van der Waals surface area contributed by atoms with E-state index >= 15 is 0 Å². The summed E-state index contributed by atoms with van der Waals surface area (Å²) in [5.74, 6) is 1.43. The molecule has 19 heavy (non-hydrogen) atoms. The summed E-state index contributed by atoms with van der Waals surface area (Å²) in [7, 11) is 0. The minimum absolute atomic E-state index is 0.600. The number of benzene rings is 1. The van der Waals surface area contributed by atoms with Crippen LogP contribution in [0.4, 0.5) is 0 Å². The van der Waals surface area contributed by atoms with Gasteiger partial charge < -0.3 is 5.73 Å². The third-order valence-electron chi connectivity index (χ3n) is 3.98. The normalized spacial score (nSPS) is 14.3. The Hall–Kier alpha value is -0.530. The Morgan fingerprint density at radius 1 is 1.11 bits per heavy atom. The Morgan fingerprint density at radius 2 is 1.79 bits per heavy atom. The Kier molecular flexibility index (Phi) is 8.16. The third-order valence-corrected chi connectivity index (χ3v) is 4.23. The molecule has 1 aromatic rings. The molecule has 0 radical (unpaired) electrons. The maximum absolute atomic E-state index is 5.96. The van der Waals surface area contributed by atoms with Gasteiger partial charge in [0.05, 0.1) is 0 Å². The van der Waals surface area contributed by atoms with Crippen LogP contribution in [0.15, 0.2) is 24.3 Å². The molecule has 0 saturated carbocycles. The van der Waals surface area contributed by atoms with Gasteiger partial charge in [0.1, 0.15) is 0 Å². The van der Waals surface area contributed by atoms with Gasteiger partial charge in [-0.2, -0.15) is 0 Å². The first-order valence-corrected chi connectivity index (χ1v) is 8.01. The first-order chi connectivity index (χ1) is 9.19. The van der Waals surface area contributed by atoms with Gasteiger partial charge in [0, 0.05) is 5.02 Å². The molecule has 0 aliphatic heterocycles. The van der Waals surface area contributed by atoms with E-state index < -0.39 is 0 Å². The molecule has 1 rings (SSSR count). The molecule has 0 amide bonds. The zero-order valence-corrected chi connectivity index (χ0v) is 13.1. The summed E-state index contributed by atoms with van der Waals surface area (Å²) in [5.41, 5.74) is 7.31. The lowest BCUT2D eigenvalue weighted by atomic mass is 9.85. The van der Waals surface area contributed by atoms with Gasteiger partial charge in [0.2, 0.25) is 0 Å². The summed E-state index contributed by atoms with van der Waals surface area (Å²) < 4.78 is 0. The number of hydrogen-bond donors (Lipinski definition) is 1. The van der Waals surface area contributed by atoms with Crippen LogP contribution in [0.3, 0.4) is 0 Å². The van der Waals surface area contributed by atoms with Crippen molar-refractivity contribution in [2.45, 2.75) is 52.4 Å². The minimum Gasteiger partial charge on any atom is -0.330 e. The van der Waals surface area contributed by atoms with E-state index in [9.17, 15) is 0 Å². The van der Waals surface area contributed by atoms with Crippen LogP contribution in [0.5, 0.6) is 0 Å². The molecule has 0 fully saturated rings. The molecule has 2 unspecified atom stereocenters. The fourth-order valence-electron chi connectivity index (χ4n) is 2.67. The molecular weight excluding hydrogens is 254 g/mol. The van der Waals surface area contributed by atoms with Crippen LogP contribution in [0.2, 0.25) is 5.02 Å². The number of unbranched alkanes of at least 4 members (excludes halogenated alkanes) is 1. The van der Waals surface area contributed by atoms with Crippen LogP contribution >= 0.6 is 11.6 Å². The average molecular weight is 282 g/mol. The van der Waals surface area contributed by atoms with Crippen molar-refractivity contribution in [1.29, 1.82) is 0 Å². The van der Waals surface area contributed by atoms with Crippen molar-refractivity contribution in [2.75, 3.05) is 6.54 Å². The van der Waals surface area contributed by atoms with Gasteiger partial charge in [-0.05, 0) is 48.9 Å². The molecule has 0 aliphatic rings. The molecule has 0 spiro atoms. The molecule has 1 aromatic carbocycles. The van der Waals surface area contributed by atoms with Gasteiger partial charge in [0.25, 0.3) is 0 Å². The highest BCUT2D eigenvalue weighted by molar-refractivity contribution is 6.30. The predicted molar refractivity (Wildman–Crippen MR) is 85.6 cm³/mol. The minimum atomic E-state index is 0.600. The fourth-order valence-corrected chi connectivity index (χ4v) is 2.80. The molecule has 0 heterocycles. The van der Waals surface area contributed by atoms with Crippen LogP contribution in [0.1, 0.15) is 51.5 Å². The molecule has 2 heteroatoms. The smallest absolute Gasteiger partial charge is 0.0406 e. The van der Waals surface area contributed by atoms with Crippen molar-refractivity contribution >= 4 is 11.6 Å². The summed E-state index contributed by atoms with van der Waals surface area (Å²) in [6, 6.07) is 8.19. The first kappa shape index (κ1) is 16.5. The summed E-state index contributed by atoms with van der Waals surface area (Å²) in [4.78, 5) is 0. The molecule has 0 bridgehead atoms. The first-order valence-electron chi connectivity index (χ1n) is 7.64. The third kappa shape index (κ3) is 6.44. The summed E-state index contributed by atoms with van der Waals surface area (Å²) in [5, 5.41) is 0.808. The maximum Gasteiger partial charge on any atom is 0.0406 e. The predicted octanol–water partition coefficient (Wildman–Crippen LogP) is 5.06. The van der Waals surface area contributed by atoms with Crippen LogP contribution in [-0.4, -0.2) is 6.54 Å². The molecule has 108 valence electrons. The van der Waals surface area contributed by atoms with Crippen LogP contribution < -0.4 is 5.73 Å². The topological polar surface area (TPSA) is 26.0 Å². The van der Waals surface area contributed by atoms with Crippen molar-refractivity contribution < 1.29 is 0 Å². The lowest BCUT2D eigenvalue weighted by Gasteiger charge is -2.21. The van der Waals surface area contributed by atoms with Crippen molar-refractivity contribution in [2.24, 2.45) is 17.6 Å². The van der Waals surface area contributed by atoms with E-state index in [1.807, 2.05) is 12.1 Å². The summed E-state index contributed by atoms with van der Waals surface area (Å²) in [6.45, 7) is 5.35. The molecule has 0 saturated heterocycles. The van der Waals surface area contributed by atoms with Crippen LogP contribution in [0.25, 0.3) is 0 Å². The number of rotatable bonds is 9. The van der Waals surface area contributed by atoms with Crippen molar-refractivity contribution in [3.05, 3.63) is 34.9 Å². The van der Waals surface area contributed by atoms with Gasteiger partial charge in [-0.25, -0.2) is 0 Å². The quantitative estimate of drug-likeness (QED) is 0.672. The highest BCUT2D eigenvalue weighted by atomic mass is 35.5. The van der Waals surface area contributed by atoms with E-state index in [0.29, 0.717) is 5.92 Å². The van der Waals surface area contributed by atoms with Gasteiger partial charge in [-0.15, -0.1) is 0 Å². The molecule has 0 aromatic heterocycles. The molecular formula is C17H28ClN. The van der Waals surface area contributed by atoms with Crippen molar-refractivity contribution in [3.8, 4) is 0 Å². The van der Waals surface area contributed by atoms with Gasteiger partial charge >= 0.3 is 0 Å². The average Bonchev–Trinajstić information content (AvgIpc) is 2.44. The molecule has 1 nitrogen and oxygen atoms in total. The maximum atomic E-state index is 5.96. The van der Waals surface area contributed by atoms with Gasteiger partial charge in [-0.1, -0.05) is 63.3 Å². The van der Waals surface area contributed by atoms with E-state index in [0.717, 1.165) is 23.9 Å². The van der Waals surface area contributed by atoms with Crippen molar-refractivity contribution in [3.63, 3.8) is 0 Å². The van der Waals surface area contributed by atoms with E-state index in [1.54, 1.807) is 0 Å². The highest BCUT2D eigenvalue weighted by Crippen LogP contribution is 2.24. The second kappa shape index (κ2) is 9.39. The lowest BCUT2D eigenvalue weighted by Crippen LogP contribution is -2.20. The Balaban J connectivity index is 2.49. The number of nitrogens with two attached hydrogens (primary N) is 1. The van der Waals surface area contributed by atoms with E-state index in [2.05, 4.69) is 26.0 Å². The van der Waals surface area contributed by atoms with E-state index in [1.165, 1.54) is 37.7 Å². The largest absolute Gasteiger partial charge is 0.330 e. The lowest BCUT2D eigenvalue weighted by molar-refractivity contribution is 0.339. The van der Waals surface area contributed by atoms with E-state index in [-0.39, 0.29) is 0 Å². The molecule has 2 atom stereocenters. The summed E-state index contributed by atoms with van der Waals surface area (Å²) in [6.07, 6.45) is 7.60. The highest BCUT2D eigenvalue weighted by Gasteiger charge is 2.14. The SMILES string of the molecule is CCCCC(CC)CC(CN)Cc1ccc(Cl)cc1. The van der Waals surface area contributed by atoms with Crippen molar-refractivity contribution in [1.82, 2.24) is 0 Å². The van der Waals surface area contributed by atoms with Gasteiger partial charge in [0.15, 0.2) is 0 Å². The standard InChI is InChI=1S/C17H28ClN/c1-3-5-6-14(4-2)11-16(13-19)12-15-7-9-17(18)10-8-15/h7-10,14,16H,3-6,11-13,19H2,1-2H3. The molecule has 2 N–H and O–H groups in total. The zero-order chi connectivity index (χ0) is 14.1. The number of halogens is 1. The Morgan fingerprint density at radius 3 is 2.32 bits per heavy atom. The van der Waals surface area contributed by atoms with Crippen LogP contribution in [0, 0.1) is 11.8 Å². The second-order valence-electron chi connectivity index (χ2n) is 5.58. The van der Waals surface area contributed by atoms with Gasteiger partial charge in [-0.3, -0.25) is 0 Å². The zero-order valence-electron chi connectivity index (χ0n) is 12.4. The monoisotopic (exact) mass is 281 g/mol. The Labute approximate surface area is 123 Å². The fraction of sp³-hybridized carbons (Fsp3) is 0.647. The van der Waals surface area contributed by atoms with Crippen LogP contribution in [-0.2, 0) is 6.42 Å². The molecule has 0 aliphatic carbocycles. The van der Waals surface area contributed by atoms with E-state index in [4.69, 9.17) is 17.3 Å². The second-order valence-corrected chi connectivity index (χ2v) is 6.02. The number of hydrogen-bond acceptors (Lipinski definition) is 1.